The fourth-order valence-electron chi connectivity index (χ4n) is 11.1. The van der Waals surface area contributed by atoms with E-state index in [2.05, 4.69) is 67.8 Å². The maximum atomic E-state index is 13.3. The predicted molar refractivity (Wildman–Crippen MR) is 341 cm³/mol. The van der Waals surface area contributed by atoms with E-state index in [0.717, 1.165) is 44.9 Å². The van der Waals surface area contributed by atoms with Crippen molar-refractivity contribution in [3.8, 4) is 0 Å². The van der Waals surface area contributed by atoms with Crippen LogP contribution in [0.25, 0.3) is 0 Å². The molecule has 0 radical (unpaired) electrons. The molecule has 0 aromatic rings. The monoisotopic (exact) mass is 1190 g/mol. The van der Waals surface area contributed by atoms with Crippen molar-refractivity contribution in [1.29, 1.82) is 0 Å². The van der Waals surface area contributed by atoms with Crippen molar-refractivity contribution in [2.75, 3.05) is 19.8 Å². The lowest BCUT2D eigenvalue weighted by molar-refractivity contribution is -0.359. The average molecular weight is 1190 g/mol. The number of nitrogens with one attached hydrogen (secondary N) is 1. The summed E-state index contributed by atoms with van der Waals surface area (Å²) in [7, 11) is 0. The molecule has 14 nitrogen and oxygen atoms in total. The predicted octanol–water partition coefficient (Wildman–Crippen LogP) is 13.7. The smallest absolute Gasteiger partial charge is 0.220 e. The normalized spacial score (nSPS) is 24.0. The van der Waals surface area contributed by atoms with Gasteiger partial charge in [-0.25, -0.2) is 0 Å². The zero-order valence-corrected chi connectivity index (χ0v) is 53.1. The number of amides is 1. The van der Waals surface area contributed by atoms with Gasteiger partial charge in [0, 0.05) is 6.42 Å². The number of aliphatic hydroxyl groups excluding tert-OH is 8. The van der Waals surface area contributed by atoms with Crippen molar-refractivity contribution >= 4 is 5.91 Å². The van der Waals surface area contributed by atoms with Gasteiger partial charge in [-0.3, -0.25) is 4.79 Å². The Labute approximate surface area is 511 Å². The molecule has 84 heavy (non-hydrogen) atoms. The maximum absolute atomic E-state index is 13.3. The van der Waals surface area contributed by atoms with Crippen LogP contribution in [0.1, 0.15) is 284 Å². The van der Waals surface area contributed by atoms with Crippen LogP contribution in [0.2, 0.25) is 0 Å². The van der Waals surface area contributed by atoms with Crippen LogP contribution in [-0.2, 0) is 23.7 Å². The molecule has 2 rings (SSSR count). The number of unbranched alkanes of at least 4 members (excludes halogenated alkanes) is 35. The van der Waals surface area contributed by atoms with E-state index in [1.165, 1.54) is 205 Å². The van der Waals surface area contributed by atoms with Crippen molar-refractivity contribution in [2.45, 2.75) is 357 Å². The topological polar surface area (TPSA) is 228 Å². The van der Waals surface area contributed by atoms with E-state index in [4.69, 9.17) is 18.9 Å². The van der Waals surface area contributed by atoms with Gasteiger partial charge in [-0.05, 0) is 70.6 Å². The zero-order chi connectivity index (χ0) is 60.9. The Hall–Kier alpha value is -2.31. The van der Waals surface area contributed by atoms with Crippen LogP contribution in [-0.4, -0.2) is 140 Å². The van der Waals surface area contributed by atoms with Crippen LogP contribution in [0.5, 0.6) is 0 Å². The Morgan fingerprint density at radius 1 is 0.429 bits per heavy atom. The number of carbonyl (C=O) groups excluding carboxylic acids is 1. The molecule has 14 heteroatoms. The first kappa shape index (κ1) is 77.8. The molecule has 0 spiro atoms. The van der Waals surface area contributed by atoms with Crippen LogP contribution < -0.4 is 5.32 Å². The lowest BCUT2D eigenvalue weighted by Gasteiger charge is -2.46. The highest BCUT2D eigenvalue weighted by atomic mass is 16.7. The second-order valence-corrected chi connectivity index (χ2v) is 24.3. The Morgan fingerprint density at radius 2 is 0.798 bits per heavy atom. The number of aliphatic hydroxyl groups is 8. The van der Waals surface area contributed by atoms with Crippen LogP contribution in [0.15, 0.2) is 60.8 Å². The Balaban J connectivity index is 1.68. The SMILES string of the molecule is CCCCCCC/C=C\C/C=C\C/C=C\CCCCCCCCCCCCCCCCCCC(=O)NC(COC1OC(CO)C(OC2OC(CO)C(O)C(O)C2O)C(O)C1O)C(O)/C=C/CC/C=C/CCCCCCCCCCCCCCC. The molecule has 2 fully saturated rings. The molecule has 12 atom stereocenters. The van der Waals surface area contributed by atoms with E-state index >= 15 is 0 Å². The van der Waals surface area contributed by atoms with Gasteiger partial charge in [0.15, 0.2) is 12.6 Å². The molecule has 2 aliphatic heterocycles. The van der Waals surface area contributed by atoms with Gasteiger partial charge in [-0.1, -0.05) is 267 Å². The lowest BCUT2D eigenvalue weighted by Crippen LogP contribution is -2.65. The van der Waals surface area contributed by atoms with E-state index < -0.39 is 86.8 Å². The second kappa shape index (κ2) is 54.8. The summed E-state index contributed by atoms with van der Waals surface area (Å²) in [5.41, 5.74) is 0. The van der Waals surface area contributed by atoms with E-state index in [9.17, 15) is 45.6 Å². The highest BCUT2D eigenvalue weighted by Crippen LogP contribution is 2.30. The van der Waals surface area contributed by atoms with Gasteiger partial charge in [-0.15, -0.1) is 0 Å². The second-order valence-electron chi connectivity index (χ2n) is 24.3. The number of carbonyl (C=O) groups is 1. The first-order chi connectivity index (χ1) is 41.1. The molecule has 0 aromatic carbocycles. The lowest BCUT2D eigenvalue weighted by atomic mass is 9.97. The third-order valence-corrected chi connectivity index (χ3v) is 16.7. The van der Waals surface area contributed by atoms with E-state index in [-0.39, 0.29) is 18.9 Å². The molecule has 2 saturated heterocycles. The summed E-state index contributed by atoms with van der Waals surface area (Å²) in [4.78, 5) is 13.3. The van der Waals surface area contributed by atoms with Crippen molar-refractivity contribution in [3.63, 3.8) is 0 Å². The van der Waals surface area contributed by atoms with Crippen molar-refractivity contribution in [2.24, 2.45) is 0 Å². The molecule has 0 bridgehead atoms. The number of rotatable bonds is 56. The van der Waals surface area contributed by atoms with Gasteiger partial charge in [0.25, 0.3) is 0 Å². The molecule has 9 N–H and O–H groups in total. The van der Waals surface area contributed by atoms with E-state index in [1.54, 1.807) is 6.08 Å². The minimum Gasteiger partial charge on any atom is -0.394 e. The molecule has 1 amide bonds. The van der Waals surface area contributed by atoms with Gasteiger partial charge < -0.3 is 65.1 Å². The van der Waals surface area contributed by atoms with E-state index in [0.29, 0.717) is 12.8 Å². The highest BCUT2D eigenvalue weighted by Gasteiger charge is 2.51. The molecule has 12 unspecified atom stereocenters. The summed E-state index contributed by atoms with van der Waals surface area (Å²) in [6, 6.07) is -0.934. The number of ether oxygens (including phenoxy) is 4. The molecule has 0 aromatic heterocycles. The molecule has 0 saturated carbocycles. The number of hydrogen-bond donors (Lipinski definition) is 9. The van der Waals surface area contributed by atoms with E-state index in [1.807, 2.05) is 6.08 Å². The quantitative estimate of drug-likeness (QED) is 0.0204. The molecule has 2 aliphatic rings. The minimum atomic E-state index is -1.79. The fraction of sp³-hybridized carbons (Fsp3) is 0.843. The fourth-order valence-corrected chi connectivity index (χ4v) is 11.1. The molecular weight excluding hydrogens is 1060 g/mol. The molecular formula is C70H127NO13. The summed E-state index contributed by atoms with van der Waals surface area (Å²) in [5.74, 6) is -0.247. The largest absolute Gasteiger partial charge is 0.394 e. The maximum Gasteiger partial charge on any atom is 0.220 e. The summed E-state index contributed by atoms with van der Waals surface area (Å²) < 4.78 is 22.8. The Morgan fingerprint density at radius 3 is 1.25 bits per heavy atom. The van der Waals surface area contributed by atoms with Crippen LogP contribution in [0.3, 0.4) is 0 Å². The van der Waals surface area contributed by atoms with Crippen molar-refractivity contribution in [1.82, 2.24) is 5.32 Å². The molecule has 490 valence electrons. The van der Waals surface area contributed by atoms with Crippen LogP contribution in [0.4, 0.5) is 0 Å². The summed E-state index contributed by atoms with van der Waals surface area (Å²) in [6.07, 6.45) is 55.6. The number of allylic oxidation sites excluding steroid dienone is 9. The van der Waals surface area contributed by atoms with Crippen LogP contribution >= 0.6 is 0 Å². The number of hydrogen-bond acceptors (Lipinski definition) is 13. The Kier molecular flexibility index (Phi) is 50.8. The van der Waals surface area contributed by atoms with Gasteiger partial charge in [0.05, 0.1) is 32.0 Å². The first-order valence-electron chi connectivity index (χ1n) is 34.5. The molecule has 2 heterocycles. The zero-order valence-electron chi connectivity index (χ0n) is 53.1. The van der Waals surface area contributed by atoms with Gasteiger partial charge >= 0.3 is 0 Å². The summed E-state index contributed by atoms with van der Waals surface area (Å²) in [5, 5.41) is 87.3. The minimum absolute atomic E-state index is 0.247. The Bertz CT molecular complexity index is 1640. The van der Waals surface area contributed by atoms with Crippen LogP contribution in [0, 0.1) is 0 Å². The van der Waals surface area contributed by atoms with Gasteiger partial charge in [0.2, 0.25) is 5.91 Å². The van der Waals surface area contributed by atoms with Crippen molar-refractivity contribution in [3.05, 3.63) is 60.8 Å². The van der Waals surface area contributed by atoms with Crippen molar-refractivity contribution < 1.29 is 64.6 Å². The standard InChI is InChI=1S/C70H127NO13/c1-3-5-7-9-11-13-15-17-19-21-23-24-25-26-27-28-29-30-31-32-33-34-36-38-40-42-44-46-48-50-52-54-62(75)71-58(59(74)53-51-49-47-45-43-41-39-37-35-22-20-18-16-14-12-10-8-6-4-2)57-81-69-67(80)65(78)68(61(56-73)83-69)84-70-66(79)64(77)63(76)60(55-72)82-70/h15,17,21,23,25-26,43,45,51,53,58-61,63-70,72-74,76-80H,3-14,16,18-20,22,24,27-42,44,46-50,52,54-57H2,1-2H3,(H,71,75)/b17-15-,23-21-,26-25-,45-43+,53-51+. The third kappa shape index (κ3) is 38.9. The average Bonchev–Trinajstić information content (AvgIpc) is 3.18. The molecule has 0 aliphatic carbocycles. The van der Waals surface area contributed by atoms with Gasteiger partial charge in [0.1, 0.15) is 48.8 Å². The highest BCUT2D eigenvalue weighted by molar-refractivity contribution is 5.76. The third-order valence-electron chi connectivity index (χ3n) is 16.7. The van der Waals surface area contributed by atoms with Gasteiger partial charge in [-0.2, -0.15) is 0 Å². The summed E-state index contributed by atoms with van der Waals surface area (Å²) in [6.45, 7) is 2.79. The summed E-state index contributed by atoms with van der Waals surface area (Å²) >= 11 is 0. The first-order valence-corrected chi connectivity index (χ1v) is 34.5.